The minimum atomic E-state index is -3.22. The van der Waals surface area contributed by atoms with Crippen LogP contribution in [0.15, 0.2) is 28.7 Å². The van der Waals surface area contributed by atoms with Crippen LogP contribution in [0.1, 0.15) is 19.2 Å². The summed E-state index contributed by atoms with van der Waals surface area (Å²) in [5.41, 5.74) is 0.704. The lowest BCUT2D eigenvalue weighted by molar-refractivity contribution is 0.413. The van der Waals surface area contributed by atoms with Gasteiger partial charge in [-0.2, -0.15) is 0 Å². The zero-order valence-electron chi connectivity index (χ0n) is 12.6. The van der Waals surface area contributed by atoms with Crippen LogP contribution >= 0.6 is 0 Å². The third-order valence-corrected chi connectivity index (χ3v) is 4.53. The summed E-state index contributed by atoms with van der Waals surface area (Å²) >= 11 is 0. The zero-order valence-corrected chi connectivity index (χ0v) is 13.4. The summed E-state index contributed by atoms with van der Waals surface area (Å²) in [6, 6.07) is 7.32. The Balaban J connectivity index is 2.00. The van der Waals surface area contributed by atoms with E-state index in [0.717, 1.165) is 0 Å². The molecule has 0 radical (unpaired) electrons. The number of nitrogens with zero attached hydrogens (tertiary/aromatic N) is 2. The van der Waals surface area contributed by atoms with Gasteiger partial charge in [0.15, 0.2) is 0 Å². The number of rotatable bonds is 8. The van der Waals surface area contributed by atoms with Crippen molar-refractivity contribution in [3.05, 3.63) is 30.2 Å². The second-order valence-corrected chi connectivity index (χ2v) is 6.59. The van der Waals surface area contributed by atoms with E-state index in [1.54, 1.807) is 13.2 Å². The average Bonchev–Trinajstić information content (AvgIpc) is 2.95. The number of ether oxygens (including phenoxy) is 1. The normalized spacial score (nSPS) is 11.5. The van der Waals surface area contributed by atoms with Gasteiger partial charge >= 0.3 is 0 Å². The maximum Gasteiger partial charge on any atom is 0.251 e. The molecule has 0 bridgehead atoms. The Bertz CT molecular complexity index is 712. The molecular weight excluding hydrogens is 306 g/mol. The van der Waals surface area contributed by atoms with E-state index in [4.69, 9.17) is 9.15 Å². The van der Waals surface area contributed by atoms with Crippen molar-refractivity contribution in [3.8, 4) is 17.2 Å². The molecule has 7 nitrogen and oxygen atoms in total. The van der Waals surface area contributed by atoms with Crippen molar-refractivity contribution in [1.82, 2.24) is 14.9 Å². The first kappa shape index (κ1) is 16.4. The molecule has 1 aromatic carbocycles. The SMILES string of the molecule is CCCS(=O)(=O)NCCc1nnc(-c2ccccc2OC)o1. The number of nitrogens with one attached hydrogen (secondary N) is 1. The molecule has 120 valence electrons. The molecule has 1 heterocycles. The number of benzene rings is 1. The van der Waals surface area contributed by atoms with E-state index in [9.17, 15) is 8.42 Å². The maximum atomic E-state index is 11.5. The highest BCUT2D eigenvalue weighted by molar-refractivity contribution is 7.89. The molecule has 0 fully saturated rings. The standard InChI is InChI=1S/C14H19N3O4S/c1-3-10-22(18,19)15-9-8-13-16-17-14(21-13)11-6-4-5-7-12(11)20-2/h4-7,15H,3,8-10H2,1-2H3. The van der Waals surface area contributed by atoms with Crippen molar-refractivity contribution in [3.63, 3.8) is 0 Å². The van der Waals surface area contributed by atoms with Crippen LogP contribution in [0.3, 0.4) is 0 Å². The summed E-state index contributed by atoms with van der Waals surface area (Å²) in [5, 5.41) is 7.90. The molecule has 2 aromatic rings. The molecule has 1 N–H and O–H groups in total. The molecule has 0 amide bonds. The predicted octanol–water partition coefficient (Wildman–Crippen LogP) is 1.62. The minimum Gasteiger partial charge on any atom is -0.496 e. The Morgan fingerprint density at radius 1 is 1.27 bits per heavy atom. The highest BCUT2D eigenvalue weighted by Gasteiger charge is 2.14. The predicted molar refractivity (Wildman–Crippen MR) is 82.1 cm³/mol. The smallest absolute Gasteiger partial charge is 0.251 e. The van der Waals surface area contributed by atoms with Gasteiger partial charge in [-0.25, -0.2) is 13.1 Å². The molecule has 22 heavy (non-hydrogen) atoms. The Kier molecular flexibility index (Phi) is 5.51. The lowest BCUT2D eigenvalue weighted by Gasteiger charge is -2.04. The molecule has 2 rings (SSSR count). The lowest BCUT2D eigenvalue weighted by Crippen LogP contribution is -2.28. The molecule has 0 unspecified atom stereocenters. The molecular formula is C14H19N3O4S. The fourth-order valence-corrected chi connectivity index (χ4v) is 3.03. The van der Waals surface area contributed by atoms with Crippen LogP contribution in [0, 0.1) is 0 Å². The van der Waals surface area contributed by atoms with E-state index in [1.807, 2.05) is 25.1 Å². The van der Waals surface area contributed by atoms with Gasteiger partial charge in [0.2, 0.25) is 15.9 Å². The number of hydrogen-bond donors (Lipinski definition) is 1. The van der Waals surface area contributed by atoms with Gasteiger partial charge in [0.1, 0.15) is 5.75 Å². The number of sulfonamides is 1. The van der Waals surface area contributed by atoms with Crippen molar-refractivity contribution < 1.29 is 17.6 Å². The summed E-state index contributed by atoms with van der Waals surface area (Å²) in [4.78, 5) is 0. The van der Waals surface area contributed by atoms with Crippen molar-refractivity contribution >= 4 is 10.0 Å². The summed E-state index contributed by atoms with van der Waals surface area (Å²) < 4.78 is 36.4. The molecule has 0 saturated heterocycles. The Morgan fingerprint density at radius 3 is 2.77 bits per heavy atom. The van der Waals surface area contributed by atoms with Crippen LogP contribution in [0.25, 0.3) is 11.5 Å². The van der Waals surface area contributed by atoms with Crippen LogP contribution in [-0.4, -0.2) is 38.0 Å². The molecule has 0 aliphatic heterocycles. The third kappa shape index (κ3) is 4.28. The highest BCUT2D eigenvalue weighted by atomic mass is 32.2. The molecule has 0 atom stereocenters. The summed E-state index contributed by atoms with van der Waals surface area (Å²) in [7, 11) is -1.65. The number of aromatic nitrogens is 2. The highest BCUT2D eigenvalue weighted by Crippen LogP contribution is 2.28. The number of hydrogen-bond acceptors (Lipinski definition) is 6. The number of methoxy groups -OCH3 is 1. The van der Waals surface area contributed by atoms with Gasteiger partial charge in [0.05, 0.1) is 18.4 Å². The topological polar surface area (TPSA) is 94.3 Å². The first-order valence-corrected chi connectivity index (χ1v) is 8.64. The second kappa shape index (κ2) is 7.37. The summed E-state index contributed by atoms with van der Waals surface area (Å²) in [5.74, 6) is 1.48. The fourth-order valence-electron chi connectivity index (χ4n) is 1.94. The van der Waals surface area contributed by atoms with Crippen molar-refractivity contribution in [2.45, 2.75) is 19.8 Å². The van der Waals surface area contributed by atoms with Crippen molar-refractivity contribution in [1.29, 1.82) is 0 Å². The van der Waals surface area contributed by atoms with Gasteiger partial charge < -0.3 is 9.15 Å². The van der Waals surface area contributed by atoms with Gasteiger partial charge in [-0.3, -0.25) is 0 Å². The second-order valence-electron chi connectivity index (χ2n) is 4.66. The Labute approximate surface area is 129 Å². The van der Waals surface area contributed by atoms with Gasteiger partial charge in [-0.15, -0.1) is 10.2 Å². The van der Waals surface area contributed by atoms with Gasteiger partial charge in [0.25, 0.3) is 5.89 Å². The number of para-hydroxylation sites is 1. The van der Waals surface area contributed by atoms with E-state index in [0.29, 0.717) is 35.9 Å². The molecule has 0 aliphatic rings. The largest absolute Gasteiger partial charge is 0.496 e. The van der Waals surface area contributed by atoms with E-state index in [-0.39, 0.29) is 12.3 Å². The summed E-state index contributed by atoms with van der Waals surface area (Å²) in [6.07, 6.45) is 0.916. The van der Waals surface area contributed by atoms with E-state index < -0.39 is 10.0 Å². The Morgan fingerprint density at radius 2 is 2.05 bits per heavy atom. The minimum absolute atomic E-state index is 0.114. The van der Waals surface area contributed by atoms with Crippen LogP contribution < -0.4 is 9.46 Å². The summed E-state index contributed by atoms with van der Waals surface area (Å²) in [6.45, 7) is 2.05. The van der Waals surface area contributed by atoms with Gasteiger partial charge in [0, 0.05) is 13.0 Å². The third-order valence-electron chi connectivity index (χ3n) is 2.94. The van der Waals surface area contributed by atoms with Gasteiger partial charge in [-0.05, 0) is 18.6 Å². The molecule has 1 aromatic heterocycles. The van der Waals surface area contributed by atoms with E-state index >= 15 is 0 Å². The first-order valence-electron chi connectivity index (χ1n) is 6.99. The first-order chi connectivity index (χ1) is 10.6. The molecule has 8 heteroatoms. The quantitative estimate of drug-likeness (QED) is 0.792. The Hall–Kier alpha value is -1.93. The molecule has 0 saturated carbocycles. The van der Waals surface area contributed by atoms with Crippen LogP contribution in [0.5, 0.6) is 5.75 Å². The van der Waals surface area contributed by atoms with Crippen LogP contribution in [0.4, 0.5) is 0 Å². The lowest BCUT2D eigenvalue weighted by atomic mass is 10.2. The van der Waals surface area contributed by atoms with E-state index in [2.05, 4.69) is 14.9 Å². The van der Waals surface area contributed by atoms with Crippen molar-refractivity contribution in [2.24, 2.45) is 0 Å². The van der Waals surface area contributed by atoms with Gasteiger partial charge in [-0.1, -0.05) is 19.1 Å². The van der Waals surface area contributed by atoms with Crippen LogP contribution in [-0.2, 0) is 16.4 Å². The molecule has 0 aliphatic carbocycles. The zero-order chi connectivity index (χ0) is 16.0. The molecule has 0 spiro atoms. The van der Waals surface area contributed by atoms with Crippen LogP contribution in [0.2, 0.25) is 0 Å². The average molecular weight is 325 g/mol. The maximum absolute atomic E-state index is 11.5. The monoisotopic (exact) mass is 325 g/mol. The van der Waals surface area contributed by atoms with Crippen molar-refractivity contribution in [2.75, 3.05) is 19.4 Å². The fraction of sp³-hybridized carbons (Fsp3) is 0.429. The van der Waals surface area contributed by atoms with E-state index in [1.165, 1.54) is 0 Å².